The van der Waals surface area contributed by atoms with Gasteiger partial charge >= 0.3 is 7.60 Å². The van der Waals surface area contributed by atoms with Crippen LogP contribution in [0.2, 0.25) is 5.02 Å². The molecule has 0 saturated heterocycles. The van der Waals surface area contributed by atoms with Gasteiger partial charge in [0.1, 0.15) is 18.2 Å². The average molecular weight is 597 g/mol. The minimum absolute atomic E-state index is 0.113. The molecule has 1 atom stereocenters. The first-order chi connectivity index (χ1) is 19.3. The van der Waals surface area contributed by atoms with Gasteiger partial charge in [-0.05, 0) is 35.4 Å². The maximum Gasteiger partial charge on any atom is 0.332 e. The molecular formula is C28H26ClN4O5PS. The highest BCUT2D eigenvalue weighted by atomic mass is 35.5. The number of halogens is 1. The summed E-state index contributed by atoms with van der Waals surface area (Å²) in [6.45, 7) is 0.594. The van der Waals surface area contributed by atoms with Gasteiger partial charge in [0.2, 0.25) is 0 Å². The van der Waals surface area contributed by atoms with E-state index >= 15 is 0 Å². The lowest BCUT2D eigenvalue weighted by Gasteiger charge is -2.12. The number of thioether (sulfide) groups is 1. The second kappa shape index (κ2) is 12.4. The molecule has 0 fully saturated rings. The van der Waals surface area contributed by atoms with E-state index in [4.69, 9.17) is 25.8 Å². The molecule has 0 radical (unpaired) electrons. The van der Waals surface area contributed by atoms with Crippen molar-refractivity contribution in [3.63, 3.8) is 0 Å². The van der Waals surface area contributed by atoms with Crippen molar-refractivity contribution < 1.29 is 18.7 Å². The van der Waals surface area contributed by atoms with E-state index in [1.807, 2.05) is 30.3 Å². The fourth-order valence-corrected chi connectivity index (χ4v) is 5.83. The molecule has 0 aliphatic rings. The number of aromatic amines is 1. The van der Waals surface area contributed by atoms with Crippen LogP contribution in [0, 0.1) is 0 Å². The topological polar surface area (TPSA) is 119 Å². The zero-order valence-corrected chi connectivity index (χ0v) is 24.0. The molecule has 2 aromatic heterocycles. The van der Waals surface area contributed by atoms with Crippen molar-refractivity contribution in [2.45, 2.75) is 23.6 Å². The Labute approximate surface area is 239 Å². The minimum atomic E-state index is -3.71. The Morgan fingerprint density at radius 1 is 1.00 bits per heavy atom. The van der Waals surface area contributed by atoms with Gasteiger partial charge in [0.05, 0.1) is 12.7 Å². The second-order valence-electron chi connectivity index (χ2n) is 8.88. The Kier molecular flexibility index (Phi) is 8.73. The molecule has 1 unspecified atom stereocenters. The van der Waals surface area contributed by atoms with Crippen LogP contribution in [0.3, 0.4) is 0 Å². The van der Waals surface area contributed by atoms with E-state index in [0.717, 1.165) is 11.1 Å². The number of rotatable bonds is 11. The van der Waals surface area contributed by atoms with Crippen molar-refractivity contribution in [3.8, 4) is 17.1 Å². The summed E-state index contributed by atoms with van der Waals surface area (Å²) in [5.41, 5.74) is 2.83. The fraction of sp³-hybridized carbons (Fsp3) is 0.179. The molecule has 206 valence electrons. The summed E-state index contributed by atoms with van der Waals surface area (Å²) >= 11 is 7.40. The number of nitrogens with one attached hydrogen (secondary N) is 1. The second-order valence-corrected chi connectivity index (χ2v) is 12.2. The molecule has 40 heavy (non-hydrogen) atoms. The number of H-pyrrole nitrogens is 1. The van der Waals surface area contributed by atoms with E-state index < -0.39 is 7.60 Å². The molecule has 0 bridgehead atoms. The van der Waals surface area contributed by atoms with Gasteiger partial charge in [-0.25, -0.2) is 9.97 Å². The number of aromatic nitrogens is 4. The highest BCUT2D eigenvalue weighted by Crippen LogP contribution is 2.44. The maximum absolute atomic E-state index is 13.3. The summed E-state index contributed by atoms with van der Waals surface area (Å²) in [7, 11) is -2.50. The fourth-order valence-electron chi connectivity index (χ4n) is 4.10. The Morgan fingerprint density at radius 3 is 2.42 bits per heavy atom. The zero-order chi connectivity index (χ0) is 28.1. The Balaban J connectivity index is 1.46. The van der Waals surface area contributed by atoms with Crippen LogP contribution in [0.15, 0.2) is 88.8 Å². The van der Waals surface area contributed by atoms with Gasteiger partial charge in [-0.1, -0.05) is 78.0 Å². The number of fused-ring (bicyclic) bond motifs is 1. The lowest BCUT2D eigenvalue weighted by molar-refractivity contribution is 0.300. The molecule has 3 aromatic carbocycles. The largest absolute Gasteiger partial charge is 0.492 e. The summed E-state index contributed by atoms with van der Waals surface area (Å²) in [6.07, 6.45) is -0.113. The molecule has 0 saturated carbocycles. The molecule has 12 heteroatoms. The first-order valence-corrected chi connectivity index (χ1v) is 15.5. The van der Waals surface area contributed by atoms with Gasteiger partial charge in [0.15, 0.2) is 16.3 Å². The van der Waals surface area contributed by atoms with Gasteiger partial charge in [-0.15, -0.1) is 0 Å². The van der Waals surface area contributed by atoms with Gasteiger partial charge in [0, 0.05) is 23.4 Å². The van der Waals surface area contributed by atoms with E-state index in [0.29, 0.717) is 50.8 Å². The Bertz CT molecular complexity index is 1710. The van der Waals surface area contributed by atoms with Crippen molar-refractivity contribution in [1.82, 2.24) is 19.5 Å². The molecule has 2 heterocycles. The summed E-state index contributed by atoms with van der Waals surface area (Å²) in [4.78, 5) is 35.4. The van der Waals surface area contributed by atoms with E-state index in [2.05, 4.69) is 9.97 Å². The third kappa shape index (κ3) is 6.83. The van der Waals surface area contributed by atoms with Crippen LogP contribution < -0.4 is 10.3 Å². The van der Waals surface area contributed by atoms with Crippen molar-refractivity contribution in [2.75, 3.05) is 13.7 Å². The number of ether oxygens (including phenoxy) is 1. The van der Waals surface area contributed by atoms with E-state index in [-0.39, 0.29) is 18.3 Å². The molecule has 5 rings (SSSR count). The van der Waals surface area contributed by atoms with Crippen LogP contribution >= 0.6 is 31.0 Å². The first-order valence-electron chi connectivity index (χ1n) is 12.3. The molecule has 0 aliphatic carbocycles. The number of hydrogen-bond acceptors (Lipinski definition) is 7. The smallest absolute Gasteiger partial charge is 0.332 e. The number of benzene rings is 3. The molecule has 0 amide bonds. The van der Waals surface area contributed by atoms with Crippen LogP contribution in [0.1, 0.15) is 11.1 Å². The predicted molar refractivity (Wildman–Crippen MR) is 157 cm³/mol. The van der Waals surface area contributed by atoms with Gasteiger partial charge in [-0.3, -0.25) is 14.3 Å². The minimum Gasteiger partial charge on any atom is -0.492 e. The van der Waals surface area contributed by atoms with E-state index in [1.165, 1.54) is 18.9 Å². The quantitative estimate of drug-likeness (QED) is 0.106. The van der Waals surface area contributed by atoms with E-state index in [1.54, 1.807) is 53.1 Å². The number of imidazole rings is 1. The van der Waals surface area contributed by atoms with Gasteiger partial charge in [0.25, 0.3) is 5.56 Å². The zero-order valence-electron chi connectivity index (χ0n) is 21.5. The molecule has 9 nitrogen and oxygen atoms in total. The summed E-state index contributed by atoms with van der Waals surface area (Å²) in [5.74, 6) is 1.83. The van der Waals surface area contributed by atoms with E-state index in [9.17, 15) is 14.3 Å². The lowest BCUT2D eigenvalue weighted by Crippen LogP contribution is -2.16. The highest BCUT2D eigenvalue weighted by Gasteiger charge is 2.20. The summed E-state index contributed by atoms with van der Waals surface area (Å²) in [5, 5.41) is 1.09. The number of hydrogen-bond donors (Lipinski definition) is 2. The van der Waals surface area contributed by atoms with Gasteiger partial charge < -0.3 is 18.7 Å². The van der Waals surface area contributed by atoms with Crippen molar-refractivity contribution in [3.05, 3.63) is 105 Å². The normalized spacial score (nSPS) is 12.9. The van der Waals surface area contributed by atoms with Crippen LogP contribution in [-0.2, 0) is 27.5 Å². The SMILES string of the molecule is COP(=O)(O)Cc1ccc(-c2nc3nc(SCc4ccccc4)[nH]c(=O)c3n2CCOc2ccc(Cl)cc2)cc1. The summed E-state index contributed by atoms with van der Waals surface area (Å²) in [6, 6.07) is 24.0. The van der Waals surface area contributed by atoms with Crippen molar-refractivity contribution in [2.24, 2.45) is 0 Å². The third-order valence-electron chi connectivity index (χ3n) is 6.09. The maximum atomic E-state index is 13.3. The Hall–Kier alpha value is -3.40. The molecule has 0 spiro atoms. The van der Waals surface area contributed by atoms with Gasteiger partial charge in [-0.2, -0.15) is 0 Å². The lowest BCUT2D eigenvalue weighted by atomic mass is 10.1. The Morgan fingerprint density at radius 2 is 1.73 bits per heavy atom. The molecule has 5 aromatic rings. The highest BCUT2D eigenvalue weighted by molar-refractivity contribution is 7.98. The molecule has 2 N–H and O–H groups in total. The van der Waals surface area contributed by atoms with Crippen molar-refractivity contribution in [1.29, 1.82) is 0 Å². The monoisotopic (exact) mass is 596 g/mol. The van der Waals surface area contributed by atoms with Crippen molar-refractivity contribution >= 4 is 42.1 Å². The van der Waals surface area contributed by atoms with Crippen LogP contribution in [-0.4, -0.2) is 38.1 Å². The third-order valence-corrected chi connectivity index (χ3v) is 8.62. The molecular weight excluding hydrogens is 571 g/mol. The van der Waals surface area contributed by atoms with Crippen LogP contribution in [0.5, 0.6) is 5.75 Å². The first kappa shape index (κ1) is 28.1. The van der Waals surface area contributed by atoms with Crippen LogP contribution in [0.25, 0.3) is 22.6 Å². The standard InChI is InChI=1S/C28H26ClN4O5PS/c1-37-39(35,36)17-19-7-9-21(10-8-19)26-30-25-24(33(26)15-16-38-23-13-11-22(29)12-14-23)27(34)32-28(31-25)40-18-20-5-3-2-4-6-20/h2-14H,15-18H2,1H3,(H,35,36)(H,31,32,34). The predicted octanol–water partition coefficient (Wildman–Crippen LogP) is 6.14. The average Bonchev–Trinajstić information content (AvgIpc) is 3.32. The van der Waals surface area contributed by atoms with Crippen LogP contribution in [0.4, 0.5) is 0 Å². The number of nitrogens with zero attached hydrogens (tertiary/aromatic N) is 3. The summed E-state index contributed by atoms with van der Waals surface area (Å²) < 4.78 is 24.4. The molecule has 0 aliphatic heterocycles.